The molecule has 0 atom stereocenters. The van der Waals surface area contributed by atoms with E-state index in [1.54, 1.807) is 4.68 Å². The monoisotopic (exact) mass is 274 g/mol. The van der Waals surface area contributed by atoms with E-state index in [1.165, 1.54) is 5.56 Å². The molecule has 0 radical (unpaired) electrons. The summed E-state index contributed by atoms with van der Waals surface area (Å²) in [5.74, 6) is 0.828. The summed E-state index contributed by atoms with van der Waals surface area (Å²) in [7, 11) is 1.87. The first-order chi connectivity index (χ1) is 9.02. The van der Waals surface area contributed by atoms with Crippen LogP contribution in [0.5, 0.6) is 0 Å². The molecule has 5 heteroatoms. The van der Waals surface area contributed by atoms with Gasteiger partial charge < -0.3 is 11.1 Å². The van der Waals surface area contributed by atoms with Crippen LogP contribution in [0, 0.1) is 6.92 Å². The van der Waals surface area contributed by atoms with Gasteiger partial charge in [-0.05, 0) is 31.0 Å². The van der Waals surface area contributed by atoms with Crippen molar-refractivity contribution in [3.8, 4) is 0 Å². The maximum Gasteiger partial charge on any atom is 0.138 e. The smallest absolute Gasteiger partial charge is 0.138 e. The standard InChI is InChI=1S/C14H18N4S/c1-4-10-5-7-11(8-6-10)16-14-12(13(15)19)9(2)17-18(14)3/h5-8,16H,4H2,1-3H3,(H2,15,19). The van der Waals surface area contributed by atoms with Crippen molar-refractivity contribution >= 4 is 28.7 Å². The van der Waals surface area contributed by atoms with Crippen LogP contribution in [0.25, 0.3) is 0 Å². The lowest BCUT2D eigenvalue weighted by atomic mass is 10.1. The maximum absolute atomic E-state index is 5.77. The van der Waals surface area contributed by atoms with E-state index in [4.69, 9.17) is 18.0 Å². The van der Waals surface area contributed by atoms with E-state index in [9.17, 15) is 0 Å². The fourth-order valence-electron chi connectivity index (χ4n) is 2.06. The van der Waals surface area contributed by atoms with Crippen molar-refractivity contribution in [3.63, 3.8) is 0 Å². The molecule has 1 heterocycles. The summed E-state index contributed by atoms with van der Waals surface area (Å²) in [6, 6.07) is 8.30. The van der Waals surface area contributed by atoms with Crippen LogP contribution in [0.15, 0.2) is 24.3 Å². The minimum atomic E-state index is 0.360. The van der Waals surface area contributed by atoms with Crippen molar-refractivity contribution in [2.45, 2.75) is 20.3 Å². The summed E-state index contributed by atoms with van der Waals surface area (Å²) in [5.41, 5.74) is 9.71. The molecule has 3 N–H and O–H groups in total. The maximum atomic E-state index is 5.77. The molecular weight excluding hydrogens is 256 g/mol. The van der Waals surface area contributed by atoms with Gasteiger partial charge in [0.1, 0.15) is 10.8 Å². The number of nitrogens with one attached hydrogen (secondary N) is 1. The fourth-order valence-corrected chi connectivity index (χ4v) is 2.30. The number of aromatic nitrogens is 2. The van der Waals surface area contributed by atoms with Gasteiger partial charge in [0.05, 0.1) is 11.3 Å². The summed E-state index contributed by atoms with van der Waals surface area (Å²) in [6.07, 6.45) is 1.03. The summed E-state index contributed by atoms with van der Waals surface area (Å²) in [5, 5.41) is 7.68. The van der Waals surface area contributed by atoms with Gasteiger partial charge >= 0.3 is 0 Å². The summed E-state index contributed by atoms with van der Waals surface area (Å²) < 4.78 is 1.76. The largest absolute Gasteiger partial charge is 0.389 e. The third-order valence-electron chi connectivity index (χ3n) is 3.09. The topological polar surface area (TPSA) is 55.9 Å². The Morgan fingerprint density at radius 3 is 2.53 bits per heavy atom. The molecule has 19 heavy (non-hydrogen) atoms. The van der Waals surface area contributed by atoms with Gasteiger partial charge in [-0.1, -0.05) is 31.3 Å². The van der Waals surface area contributed by atoms with Crippen LogP contribution < -0.4 is 11.1 Å². The predicted molar refractivity (Wildman–Crippen MR) is 82.9 cm³/mol. The van der Waals surface area contributed by atoms with E-state index >= 15 is 0 Å². The Morgan fingerprint density at radius 2 is 2.00 bits per heavy atom. The number of hydrogen-bond donors (Lipinski definition) is 2. The molecule has 1 aromatic carbocycles. The lowest BCUT2D eigenvalue weighted by molar-refractivity contribution is 0.765. The number of nitrogens with two attached hydrogens (primary N) is 1. The van der Waals surface area contributed by atoms with Crippen molar-refractivity contribution in [1.29, 1.82) is 0 Å². The molecule has 0 aliphatic rings. The molecule has 0 saturated carbocycles. The number of thiocarbonyl (C=S) groups is 1. The molecule has 0 saturated heterocycles. The first-order valence-corrected chi connectivity index (χ1v) is 6.63. The van der Waals surface area contributed by atoms with Crippen LogP contribution in [-0.2, 0) is 13.5 Å². The lowest BCUT2D eigenvalue weighted by Gasteiger charge is -2.09. The molecule has 0 fully saturated rings. The van der Waals surface area contributed by atoms with E-state index in [1.807, 2.05) is 26.1 Å². The van der Waals surface area contributed by atoms with Crippen LogP contribution in [0.1, 0.15) is 23.7 Å². The molecule has 0 aliphatic carbocycles. The Hall–Kier alpha value is -1.88. The Balaban J connectivity index is 2.34. The van der Waals surface area contributed by atoms with E-state index < -0.39 is 0 Å². The average Bonchev–Trinajstić information content (AvgIpc) is 2.65. The van der Waals surface area contributed by atoms with Gasteiger partial charge in [-0.2, -0.15) is 5.10 Å². The van der Waals surface area contributed by atoms with Crippen molar-refractivity contribution in [1.82, 2.24) is 9.78 Å². The average molecular weight is 274 g/mol. The summed E-state index contributed by atoms with van der Waals surface area (Å²) in [4.78, 5) is 0.360. The highest BCUT2D eigenvalue weighted by Crippen LogP contribution is 2.23. The molecule has 0 aliphatic heterocycles. The van der Waals surface area contributed by atoms with Crippen molar-refractivity contribution < 1.29 is 0 Å². The normalized spacial score (nSPS) is 10.5. The molecular formula is C14H18N4S. The fraction of sp³-hybridized carbons (Fsp3) is 0.286. The zero-order valence-electron chi connectivity index (χ0n) is 11.4. The second kappa shape index (κ2) is 5.40. The summed E-state index contributed by atoms with van der Waals surface area (Å²) in [6.45, 7) is 4.04. The third kappa shape index (κ3) is 2.76. The van der Waals surface area contributed by atoms with Crippen molar-refractivity contribution in [2.75, 3.05) is 5.32 Å². The molecule has 0 spiro atoms. The zero-order chi connectivity index (χ0) is 14.0. The predicted octanol–water partition coefficient (Wildman–Crippen LogP) is 2.67. The van der Waals surface area contributed by atoms with E-state index in [2.05, 4.69) is 29.5 Å². The highest BCUT2D eigenvalue weighted by Gasteiger charge is 2.15. The first kappa shape index (κ1) is 13.5. The first-order valence-electron chi connectivity index (χ1n) is 6.22. The Bertz CT molecular complexity index is 599. The van der Waals surface area contributed by atoms with Crippen LogP contribution in [0.2, 0.25) is 0 Å². The molecule has 2 aromatic rings. The molecule has 0 amide bonds. The number of nitrogens with zero attached hydrogens (tertiary/aromatic N) is 2. The number of rotatable bonds is 4. The van der Waals surface area contributed by atoms with Gasteiger partial charge in [-0.15, -0.1) is 0 Å². The summed E-state index contributed by atoms with van der Waals surface area (Å²) >= 11 is 5.09. The third-order valence-corrected chi connectivity index (χ3v) is 3.30. The minimum absolute atomic E-state index is 0.360. The van der Waals surface area contributed by atoms with Crippen LogP contribution >= 0.6 is 12.2 Å². The molecule has 0 bridgehead atoms. The van der Waals surface area contributed by atoms with Gasteiger partial charge in [-0.25, -0.2) is 0 Å². The molecule has 2 rings (SSSR count). The molecule has 100 valence electrons. The van der Waals surface area contributed by atoms with E-state index in [0.717, 1.165) is 29.2 Å². The number of hydrogen-bond acceptors (Lipinski definition) is 3. The minimum Gasteiger partial charge on any atom is -0.389 e. The number of benzene rings is 1. The van der Waals surface area contributed by atoms with Gasteiger partial charge in [0.15, 0.2) is 0 Å². The SMILES string of the molecule is CCc1ccc(Nc2c(C(N)=S)c(C)nn2C)cc1. The Kier molecular flexibility index (Phi) is 3.85. The lowest BCUT2D eigenvalue weighted by Crippen LogP contribution is -2.12. The van der Waals surface area contributed by atoms with Crippen LogP contribution in [-0.4, -0.2) is 14.8 Å². The van der Waals surface area contributed by atoms with Crippen molar-refractivity contribution in [3.05, 3.63) is 41.1 Å². The highest BCUT2D eigenvalue weighted by molar-refractivity contribution is 7.80. The molecule has 4 nitrogen and oxygen atoms in total. The zero-order valence-corrected chi connectivity index (χ0v) is 12.2. The quantitative estimate of drug-likeness (QED) is 0.842. The molecule has 0 unspecified atom stereocenters. The second-order valence-corrected chi connectivity index (χ2v) is 4.91. The second-order valence-electron chi connectivity index (χ2n) is 4.47. The van der Waals surface area contributed by atoms with Gasteiger partial charge in [0, 0.05) is 12.7 Å². The Labute approximate surface area is 118 Å². The van der Waals surface area contributed by atoms with Crippen molar-refractivity contribution in [2.24, 2.45) is 12.8 Å². The molecule has 1 aromatic heterocycles. The highest BCUT2D eigenvalue weighted by atomic mass is 32.1. The number of aryl methyl sites for hydroxylation is 3. The van der Waals surface area contributed by atoms with E-state index in [0.29, 0.717) is 4.99 Å². The number of anilines is 2. The van der Waals surface area contributed by atoms with Crippen LogP contribution in [0.4, 0.5) is 11.5 Å². The van der Waals surface area contributed by atoms with E-state index in [-0.39, 0.29) is 0 Å². The van der Waals surface area contributed by atoms with Gasteiger partial charge in [-0.3, -0.25) is 4.68 Å². The van der Waals surface area contributed by atoms with Gasteiger partial charge in [0.2, 0.25) is 0 Å². The van der Waals surface area contributed by atoms with Gasteiger partial charge in [0.25, 0.3) is 0 Å². The van der Waals surface area contributed by atoms with Crippen LogP contribution in [0.3, 0.4) is 0 Å². The Morgan fingerprint density at radius 1 is 1.37 bits per heavy atom.